The molecule has 6 heteroatoms. The number of nitrogen functional groups attached to an aromatic ring is 1. The van der Waals surface area contributed by atoms with E-state index in [2.05, 4.69) is 39.3 Å². The Labute approximate surface area is 151 Å². The van der Waals surface area contributed by atoms with Crippen LogP contribution in [0, 0.1) is 20.8 Å². The maximum Gasteiger partial charge on any atom is 0.231 e. The van der Waals surface area contributed by atoms with Crippen molar-refractivity contribution in [2.45, 2.75) is 20.8 Å². The third-order valence-electron chi connectivity index (χ3n) is 4.25. The molecule has 0 aliphatic carbocycles. The predicted octanol–water partition coefficient (Wildman–Crippen LogP) is 4.07. The van der Waals surface area contributed by atoms with Crippen molar-refractivity contribution in [3.8, 4) is 5.82 Å². The summed E-state index contributed by atoms with van der Waals surface area (Å²) in [6.45, 7) is 6.07. The molecule has 0 saturated heterocycles. The highest BCUT2D eigenvalue weighted by atomic mass is 15.2. The Balaban J connectivity index is 1.80. The van der Waals surface area contributed by atoms with Gasteiger partial charge in [0.05, 0.1) is 11.0 Å². The van der Waals surface area contributed by atoms with E-state index in [9.17, 15) is 0 Å². The number of nitrogens with zero attached hydrogens (tertiary/aromatic N) is 4. The van der Waals surface area contributed by atoms with Crippen molar-refractivity contribution in [1.29, 1.82) is 0 Å². The van der Waals surface area contributed by atoms with Gasteiger partial charge in [0.1, 0.15) is 17.5 Å². The first-order valence-corrected chi connectivity index (χ1v) is 8.44. The second-order valence-corrected chi connectivity index (χ2v) is 6.45. The fourth-order valence-corrected chi connectivity index (χ4v) is 2.98. The number of aromatic nitrogens is 4. The van der Waals surface area contributed by atoms with Gasteiger partial charge < -0.3 is 11.1 Å². The van der Waals surface area contributed by atoms with Gasteiger partial charge in [0.25, 0.3) is 0 Å². The summed E-state index contributed by atoms with van der Waals surface area (Å²) in [7, 11) is 0. The number of aryl methyl sites for hydroxylation is 3. The lowest BCUT2D eigenvalue weighted by Crippen LogP contribution is -2.07. The zero-order valence-electron chi connectivity index (χ0n) is 15.0. The van der Waals surface area contributed by atoms with E-state index in [-0.39, 0.29) is 0 Å². The second-order valence-electron chi connectivity index (χ2n) is 6.45. The fraction of sp³-hybridized carbons (Fsp3) is 0.150. The molecule has 0 amide bonds. The van der Waals surface area contributed by atoms with Crippen LogP contribution >= 0.6 is 0 Å². The molecule has 3 N–H and O–H groups in total. The fourth-order valence-electron chi connectivity index (χ4n) is 2.98. The third-order valence-corrected chi connectivity index (χ3v) is 4.25. The average molecular weight is 344 g/mol. The lowest BCUT2D eigenvalue weighted by Gasteiger charge is -2.11. The van der Waals surface area contributed by atoms with E-state index >= 15 is 0 Å². The molecular formula is C20H20N6. The number of fused-ring (bicyclic) bond motifs is 1. The number of nitrogens with one attached hydrogen (secondary N) is 1. The van der Waals surface area contributed by atoms with E-state index in [0.29, 0.717) is 17.6 Å². The Morgan fingerprint density at radius 3 is 2.35 bits per heavy atom. The summed E-state index contributed by atoms with van der Waals surface area (Å²) in [4.78, 5) is 13.6. The van der Waals surface area contributed by atoms with Crippen molar-refractivity contribution in [3.05, 3.63) is 65.5 Å². The van der Waals surface area contributed by atoms with Gasteiger partial charge in [-0.2, -0.15) is 9.97 Å². The Morgan fingerprint density at radius 2 is 1.58 bits per heavy atom. The molecule has 4 rings (SSSR count). The van der Waals surface area contributed by atoms with E-state index in [0.717, 1.165) is 22.5 Å². The van der Waals surface area contributed by atoms with E-state index in [4.69, 9.17) is 5.73 Å². The molecular weight excluding hydrogens is 324 g/mol. The van der Waals surface area contributed by atoms with Gasteiger partial charge in [-0.15, -0.1) is 0 Å². The molecule has 2 aromatic heterocycles. The molecule has 6 nitrogen and oxygen atoms in total. The van der Waals surface area contributed by atoms with Gasteiger partial charge in [-0.1, -0.05) is 23.8 Å². The minimum absolute atomic E-state index is 0.401. The summed E-state index contributed by atoms with van der Waals surface area (Å²) in [5.74, 6) is 2.40. The van der Waals surface area contributed by atoms with Crippen molar-refractivity contribution in [2.75, 3.05) is 11.1 Å². The van der Waals surface area contributed by atoms with Crippen molar-refractivity contribution in [3.63, 3.8) is 0 Å². The van der Waals surface area contributed by atoms with Crippen LogP contribution in [0.25, 0.3) is 16.9 Å². The molecule has 2 heterocycles. The number of anilines is 3. The first kappa shape index (κ1) is 16.1. The third kappa shape index (κ3) is 2.97. The topological polar surface area (TPSA) is 81.6 Å². The molecule has 0 saturated carbocycles. The number of imidazole rings is 1. The molecule has 0 aliphatic heterocycles. The normalized spacial score (nSPS) is 11.0. The van der Waals surface area contributed by atoms with Crippen molar-refractivity contribution in [1.82, 2.24) is 19.5 Å². The first-order valence-electron chi connectivity index (χ1n) is 8.44. The minimum atomic E-state index is 0.401. The van der Waals surface area contributed by atoms with Crippen LogP contribution < -0.4 is 11.1 Å². The van der Waals surface area contributed by atoms with Crippen LogP contribution in [-0.2, 0) is 0 Å². The van der Waals surface area contributed by atoms with Crippen LogP contribution in [0.4, 0.5) is 17.5 Å². The van der Waals surface area contributed by atoms with Crippen LogP contribution in [0.3, 0.4) is 0 Å². The minimum Gasteiger partial charge on any atom is -0.383 e. The molecule has 0 fully saturated rings. The molecule has 4 aromatic rings. The van der Waals surface area contributed by atoms with E-state index in [1.54, 1.807) is 6.07 Å². The van der Waals surface area contributed by atoms with Crippen LogP contribution in [0.2, 0.25) is 0 Å². The maximum atomic E-state index is 6.04. The van der Waals surface area contributed by atoms with Gasteiger partial charge >= 0.3 is 0 Å². The van der Waals surface area contributed by atoms with Crippen LogP contribution in [0.1, 0.15) is 17.0 Å². The Bertz CT molecular complexity index is 1100. The zero-order valence-corrected chi connectivity index (χ0v) is 15.0. The zero-order chi connectivity index (χ0) is 18.3. The van der Waals surface area contributed by atoms with E-state index < -0.39 is 0 Å². The lowest BCUT2D eigenvalue weighted by molar-refractivity contribution is 0.947. The van der Waals surface area contributed by atoms with Gasteiger partial charge in [-0.3, -0.25) is 4.57 Å². The Kier molecular flexibility index (Phi) is 3.80. The van der Waals surface area contributed by atoms with Crippen LogP contribution in [0.15, 0.2) is 48.5 Å². The molecule has 0 bridgehead atoms. The molecule has 26 heavy (non-hydrogen) atoms. The highest BCUT2D eigenvalue weighted by molar-refractivity contribution is 5.79. The molecule has 0 radical (unpaired) electrons. The SMILES string of the molecule is Cc1ccc(Nc2nc(N)cc(-n3c(C)nc4ccc(C)cc43)n2)cc1. The summed E-state index contributed by atoms with van der Waals surface area (Å²) in [5, 5.41) is 3.22. The van der Waals surface area contributed by atoms with Crippen molar-refractivity contribution < 1.29 is 0 Å². The Morgan fingerprint density at radius 1 is 0.846 bits per heavy atom. The highest BCUT2D eigenvalue weighted by Gasteiger charge is 2.13. The second kappa shape index (κ2) is 6.15. The maximum absolute atomic E-state index is 6.04. The average Bonchev–Trinajstić information content (AvgIpc) is 2.91. The number of nitrogens with two attached hydrogens (primary N) is 1. The largest absolute Gasteiger partial charge is 0.383 e. The smallest absolute Gasteiger partial charge is 0.231 e. The molecule has 0 atom stereocenters. The summed E-state index contributed by atoms with van der Waals surface area (Å²) < 4.78 is 2.00. The summed E-state index contributed by atoms with van der Waals surface area (Å²) in [6, 6.07) is 16.0. The van der Waals surface area contributed by atoms with Gasteiger partial charge in [-0.25, -0.2) is 4.98 Å². The molecule has 0 aliphatic rings. The number of hydrogen-bond acceptors (Lipinski definition) is 5. The highest BCUT2D eigenvalue weighted by Crippen LogP contribution is 2.24. The molecule has 0 spiro atoms. The quantitative estimate of drug-likeness (QED) is 0.585. The lowest BCUT2D eigenvalue weighted by atomic mass is 10.2. The summed E-state index contributed by atoms with van der Waals surface area (Å²) in [5.41, 5.74) is 11.2. The summed E-state index contributed by atoms with van der Waals surface area (Å²) in [6.07, 6.45) is 0. The standard InChI is InChI=1S/C20H20N6/c1-12-4-7-15(8-5-12)23-20-24-18(21)11-19(25-20)26-14(3)22-16-9-6-13(2)10-17(16)26/h4-11H,1-3H3,(H3,21,23,24,25). The van der Waals surface area contributed by atoms with Gasteiger partial charge in [0.2, 0.25) is 5.95 Å². The summed E-state index contributed by atoms with van der Waals surface area (Å²) >= 11 is 0. The van der Waals surface area contributed by atoms with E-state index in [1.807, 2.05) is 48.7 Å². The van der Waals surface area contributed by atoms with Crippen LogP contribution in [0.5, 0.6) is 0 Å². The van der Waals surface area contributed by atoms with E-state index in [1.165, 1.54) is 11.1 Å². The van der Waals surface area contributed by atoms with Crippen molar-refractivity contribution >= 4 is 28.5 Å². The monoisotopic (exact) mass is 344 g/mol. The number of rotatable bonds is 3. The molecule has 2 aromatic carbocycles. The molecule has 130 valence electrons. The van der Waals surface area contributed by atoms with Crippen molar-refractivity contribution in [2.24, 2.45) is 0 Å². The molecule has 0 unspecified atom stereocenters. The predicted molar refractivity (Wildman–Crippen MR) is 105 cm³/mol. The van der Waals surface area contributed by atoms with Crippen LogP contribution in [-0.4, -0.2) is 19.5 Å². The van der Waals surface area contributed by atoms with Gasteiger partial charge in [0, 0.05) is 11.8 Å². The van der Waals surface area contributed by atoms with Gasteiger partial charge in [-0.05, 0) is 50.6 Å². The Hall–Kier alpha value is -3.41. The number of benzene rings is 2. The number of hydrogen-bond donors (Lipinski definition) is 2. The van der Waals surface area contributed by atoms with Gasteiger partial charge in [0.15, 0.2) is 0 Å². The first-order chi connectivity index (χ1) is 12.5.